The molecule has 96 valence electrons. The summed E-state index contributed by atoms with van der Waals surface area (Å²) in [4.78, 5) is 0.155. The molecule has 5 nitrogen and oxygen atoms in total. The van der Waals surface area contributed by atoms with Crippen LogP contribution >= 0.6 is 0 Å². The highest BCUT2D eigenvalue weighted by atomic mass is 32.2. The fourth-order valence-corrected chi connectivity index (χ4v) is 2.34. The van der Waals surface area contributed by atoms with Gasteiger partial charge in [0.05, 0.1) is 18.1 Å². The predicted molar refractivity (Wildman–Crippen MR) is 64.5 cm³/mol. The molecule has 1 atom stereocenters. The highest BCUT2D eigenvalue weighted by Crippen LogP contribution is 2.16. The van der Waals surface area contributed by atoms with Crippen LogP contribution in [0.3, 0.4) is 0 Å². The maximum absolute atomic E-state index is 11.8. The molecule has 0 aliphatic rings. The summed E-state index contributed by atoms with van der Waals surface area (Å²) in [6.07, 6.45) is -0.147. The molecule has 1 rings (SSSR count). The van der Waals surface area contributed by atoms with Crippen molar-refractivity contribution in [2.75, 3.05) is 13.7 Å². The van der Waals surface area contributed by atoms with E-state index in [0.29, 0.717) is 12.2 Å². The lowest BCUT2D eigenvalue weighted by Crippen LogP contribution is -2.26. The van der Waals surface area contributed by atoms with Crippen molar-refractivity contribution in [3.8, 4) is 5.75 Å². The molecule has 0 radical (unpaired) electrons. The molecule has 0 aliphatic heterocycles. The third-order valence-corrected chi connectivity index (χ3v) is 3.66. The van der Waals surface area contributed by atoms with Crippen LogP contribution in [0.4, 0.5) is 0 Å². The second kappa shape index (κ2) is 6.00. The molecule has 0 heterocycles. The smallest absolute Gasteiger partial charge is 0.240 e. The van der Waals surface area contributed by atoms with Crippen LogP contribution in [-0.2, 0) is 10.0 Å². The van der Waals surface area contributed by atoms with E-state index in [1.54, 1.807) is 19.1 Å². The molecule has 17 heavy (non-hydrogen) atoms. The van der Waals surface area contributed by atoms with Crippen molar-refractivity contribution in [2.24, 2.45) is 0 Å². The molecule has 0 aromatic heterocycles. The third-order valence-electron chi connectivity index (χ3n) is 2.21. The van der Waals surface area contributed by atoms with Crippen LogP contribution < -0.4 is 9.46 Å². The van der Waals surface area contributed by atoms with Gasteiger partial charge in [-0.3, -0.25) is 0 Å². The van der Waals surface area contributed by atoms with E-state index in [-0.39, 0.29) is 11.4 Å². The molecule has 1 aromatic carbocycles. The zero-order chi connectivity index (χ0) is 12.9. The van der Waals surface area contributed by atoms with E-state index in [1.807, 2.05) is 0 Å². The SMILES string of the molecule is COc1cccc(S(=O)(=O)NCCC(C)O)c1. The fourth-order valence-electron chi connectivity index (χ4n) is 1.25. The molecule has 0 fully saturated rings. The van der Waals surface area contributed by atoms with Gasteiger partial charge < -0.3 is 9.84 Å². The van der Waals surface area contributed by atoms with Crippen molar-refractivity contribution in [1.82, 2.24) is 4.72 Å². The number of aliphatic hydroxyl groups is 1. The Hall–Kier alpha value is -1.11. The van der Waals surface area contributed by atoms with Gasteiger partial charge in [0.1, 0.15) is 5.75 Å². The van der Waals surface area contributed by atoms with Gasteiger partial charge in [-0.15, -0.1) is 0 Å². The topological polar surface area (TPSA) is 75.6 Å². The van der Waals surface area contributed by atoms with Crippen molar-refractivity contribution in [3.05, 3.63) is 24.3 Å². The maximum Gasteiger partial charge on any atom is 0.240 e. The van der Waals surface area contributed by atoms with Crippen molar-refractivity contribution in [1.29, 1.82) is 0 Å². The van der Waals surface area contributed by atoms with Crippen molar-refractivity contribution >= 4 is 10.0 Å². The number of benzene rings is 1. The molecule has 0 amide bonds. The molecule has 0 spiro atoms. The Balaban J connectivity index is 2.75. The van der Waals surface area contributed by atoms with Crippen molar-refractivity contribution in [2.45, 2.75) is 24.3 Å². The van der Waals surface area contributed by atoms with Crippen LogP contribution in [0.25, 0.3) is 0 Å². The minimum Gasteiger partial charge on any atom is -0.497 e. The lowest BCUT2D eigenvalue weighted by molar-refractivity contribution is 0.186. The number of methoxy groups -OCH3 is 1. The van der Waals surface area contributed by atoms with E-state index >= 15 is 0 Å². The molecule has 0 saturated heterocycles. The molecule has 0 saturated carbocycles. The highest BCUT2D eigenvalue weighted by Gasteiger charge is 2.14. The first-order valence-electron chi connectivity index (χ1n) is 5.27. The van der Waals surface area contributed by atoms with Crippen LogP contribution in [0.1, 0.15) is 13.3 Å². The molecule has 1 unspecified atom stereocenters. The Bertz CT molecular complexity index is 456. The van der Waals surface area contributed by atoms with E-state index < -0.39 is 16.1 Å². The average Bonchev–Trinajstić information content (AvgIpc) is 2.28. The second-order valence-corrected chi connectivity index (χ2v) is 5.48. The van der Waals surface area contributed by atoms with Gasteiger partial charge in [0.15, 0.2) is 0 Å². The number of aliphatic hydroxyl groups excluding tert-OH is 1. The van der Waals surface area contributed by atoms with Gasteiger partial charge in [-0.25, -0.2) is 13.1 Å². The molecule has 0 bridgehead atoms. The predicted octanol–water partition coefficient (Wildman–Crippen LogP) is 0.744. The molecule has 0 aliphatic carbocycles. The number of hydrogen-bond donors (Lipinski definition) is 2. The van der Waals surface area contributed by atoms with Crippen molar-refractivity contribution in [3.63, 3.8) is 0 Å². The van der Waals surface area contributed by atoms with Gasteiger partial charge in [-0.2, -0.15) is 0 Å². The van der Waals surface area contributed by atoms with Gasteiger partial charge in [-0.05, 0) is 25.5 Å². The summed E-state index contributed by atoms with van der Waals surface area (Å²) in [5.41, 5.74) is 0. The van der Waals surface area contributed by atoms with E-state index in [0.717, 1.165) is 0 Å². The van der Waals surface area contributed by atoms with E-state index in [2.05, 4.69) is 4.72 Å². The maximum atomic E-state index is 11.8. The fraction of sp³-hybridized carbons (Fsp3) is 0.455. The minimum absolute atomic E-state index is 0.155. The quantitative estimate of drug-likeness (QED) is 0.790. The van der Waals surface area contributed by atoms with Crippen LogP contribution in [0.2, 0.25) is 0 Å². The highest BCUT2D eigenvalue weighted by molar-refractivity contribution is 7.89. The van der Waals surface area contributed by atoms with E-state index in [1.165, 1.54) is 19.2 Å². The van der Waals surface area contributed by atoms with Gasteiger partial charge in [0.2, 0.25) is 10.0 Å². The monoisotopic (exact) mass is 259 g/mol. The standard InChI is InChI=1S/C11H17NO4S/c1-9(13)6-7-12-17(14,15)11-5-3-4-10(8-11)16-2/h3-5,8-9,12-13H,6-7H2,1-2H3. The van der Waals surface area contributed by atoms with Gasteiger partial charge in [-0.1, -0.05) is 6.07 Å². The zero-order valence-electron chi connectivity index (χ0n) is 9.88. The lowest BCUT2D eigenvalue weighted by Gasteiger charge is -2.08. The van der Waals surface area contributed by atoms with Crippen molar-refractivity contribution < 1.29 is 18.3 Å². The number of ether oxygens (including phenoxy) is 1. The lowest BCUT2D eigenvalue weighted by atomic mass is 10.3. The third kappa shape index (κ3) is 4.33. The summed E-state index contributed by atoms with van der Waals surface area (Å²) in [6, 6.07) is 6.23. The van der Waals surface area contributed by atoms with E-state index in [9.17, 15) is 8.42 Å². The summed E-state index contributed by atoms with van der Waals surface area (Å²) in [5.74, 6) is 0.489. The first kappa shape index (κ1) is 14.0. The summed E-state index contributed by atoms with van der Waals surface area (Å²) in [7, 11) is -2.05. The van der Waals surface area contributed by atoms with Crippen LogP contribution in [0.5, 0.6) is 5.75 Å². The Morgan fingerprint density at radius 2 is 2.18 bits per heavy atom. The molecule has 2 N–H and O–H groups in total. The largest absolute Gasteiger partial charge is 0.497 e. The summed E-state index contributed by atoms with van der Waals surface area (Å²) in [5, 5.41) is 9.05. The normalized spacial score (nSPS) is 13.4. The number of sulfonamides is 1. The number of nitrogens with one attached hydrogen (secondary N) is 1. The number of rotatable bonds is 6. The Morgan fingerprint density at radius 3 is 2.76 bits per heavy atom. The average molecular weight is 259 g/mol. The van der Waals surface area contributed by atoms with Gasteiger partial charge in [0, 0.05) is 12.6 Å². The van der Waals surface area contributed by atoms with Crippen LogP contribution in [0, 0.1) is 0 Å². The molecule has 6 heteroatoms. The van der Waals surface area contributed by atoms with Crippen LogP contribution in [0.15, 0.2) is 29.2 Å². The van der Waals surface area contributed by atoms with Gasteiger partial charge >= 0.3 is 0 Å². The number of hydrogen-bond acceptors (Lipinski definition) is 4. The van der Waals surface area contributed by atoms with E-state index in [4.69, 9.17) is 9.84 Å². The summed E-state index contributed by atoms with van der Waals surface area (Å²) >= 11 is 0. The Kier molecular flexibility index (Phi) is 4.92. The zero-order valence-corrected chi connectivity index (χ0v) is 10.7. The molecular weight excluding hydrogens is 242 g/mol. The summed E-state index contributed by atoms with van der Waals surface area (Å²) < 4.78 is 31.0. The van der Waals surface area contributed by atoms with Crippen LogP contribution in [-0.4, -0.2) is 33.3 Å². The van der Waals surface area contributed by atoms with Gasteiger partial charge in [0.25, 0.3) is 0 Å². The first-order chi connectivity index (χ1) is 7.95. The Morgan fingerprint density at radius 1 is 1.47 bits per heavy atom. The second-order valence-electron chi connectivity index (χ2n) is 3.71. The minimum atomic E-state index is -3.53. The first-order valence-corrected chi connectivity index (χ1v) is 6.76. The molecular formula is C11H17NO4S. The Labute approximate surface area is 101 Å². The summed E-state index contributed by atoms with van der Waals surface area (Å²) in [6.45, 7) is 1.82. The molecule has 1 aromatic rings.